The van der Waals surface area contributed by atoms with Crippen LogP contribution in [0.25, 0.3) is 5.69 Å². The Hall–Kier alpha value is -1.26. The number of aromatic nitrogens is 2. The van der Waals surface area contributed by atoms with Crippen LogP contribution in [0, 0.1) is 6.92 Å². The quantitative estimate of drug-likeness (QED) is 0.824. The van der Waals surface area contributed by atoms with E-state index in [2.05, 4.69) is 28.6 Å². The molecular weight excluding hydrogens is 218 g/mol. The van der Waals surface area contributed by atoms with Gasteiger partial charge in [0.05, 0.1) is 5.69 Å². The number of imidazole rings is 1. The van der Waals surface area contributed by atoms with E-state index >= 15 is 0 Å². The Morgan fingerprint density at radius 2 is 2.19 bits per heavy atom. The fraction of sp³-hybridized carbons (Fsp3) is 0.250. The van der Waals surface area contributed by atoms with Crippen LogP contribution < -0.4 is 5.73 Å². The number of aryl methyl sites for hydroxylation is 1. The Balaban J connectivity index is 2.33. The first-order chi connectivity index (χ1) is 7.83. The van der Waals surface area contributed by atoms with E-state index in [1.54, 1.807) is 11.8 Å². The van der Waals surface area contributed by atoms with Crippen LogP contribution in [0.15, 0.2) is 41.8 Å². The van der Waals surface area contributed by atoms with E-state index in [1.165, 1.54) is 11.3 Å². The predicted octanol–water partition coefficient (Wildman–Crippen LogP) is 2.23. The third-order valence-corrected chi connectivity index (χ3v) is 3.33. The van der Waals surface area contributed by atoms with Crippen molar-refractivity contribution in [3.05, 3.63) is 42.2 Å². The molecule has 0 saturated heterocycles. The first-order valence-corrected chi connectivity index (χ1v) is 6.23. The molecule has 1 aromatic carbocycles. The van der Waals surface area contributed by atoms with E-state index in [0.29, 0.717) is 6.54 Å². The summed E-state index contributed by atoms with van der Waals surface area (Å²) in [5, 5.41) is 1.000. The fourth-order valence-corrected chi connectivity index (χ4v) is 2.30. The summed E-state index contributed by atoms with van der Waals surface area (Å²) in [7, 11) is 0. The fourth-order valence-electron chi connectivity index (χ4n) is 1.56. The summed E-state index contributed by atoms with van der Waals surface area (Å²) in [6.45, 7) is 2.78. The largest absolute Gasteiger partial charge is 0.330 e. The van der Waals surface area contributed by atoms with Crippen LogP contribution in [0.2, 0.25) is 0 Å². The maximum absolute atomic E-state index is 5.51. The summed E-state index contributed by atoms with van der Waals surface area (Å²) in [5.41, 5.74) is 7.93. The molecule has 3 nitrogen and oxygen atoms in total. The van der Waals surface area contributed by atoms with Gasteiger partial charge in [-0.1, -0.05) is 30.0 Å². The number of thioether (sulfide) groups is 1. The first-order valence-electron chi connectivity index (χ1n) is 5.25. The normalized spacial score (nSPS) is 10.6. The summed E-state index contributed by atoms with van der Waals surface area (Å²) in [4.78, 5) is 4.34. The summed E-state index contributed by atoms with van der Waals surface area (Å²) in [6, 6.07) is 8.29. The van der Waals surface area contributed by atoms with Gasteiger partial charge in [-0.05, 0) is 18.6 Å². The minimum atomic E-state index is 0.672. The van der Waals surface area contributed by atoms with Crippen molar-refractivity contribution in [3.63, 3.8) is 0 Å². The Morgan fingerprint density at radius 1 is 1.38 bits per heavy atom. The topological polar surface area (TPSA) is 43.8 Å². The molecule has 0 aliphatic heterocycles. The van der Waals surface area contributed by atoms with Gasteiger partial charge in [0.25, 0.3) is 0 Å². The summed E-state index contributed by atoms with van der Waals surface area (Å²) in [6.07, 6.45) is 3.81. The van der Waals surface area contributed by atoms with Gasteiger partial charge in [0.15, 0.2) is 5.16 Å². The minimum absolute atomic E-state index is 0.672. The average Bonchev–Trinajstić information content (AvgIpc) is 2.75. The lowest BCUT2D eigenvalue weighted by molar-refractivity contribution is 0.887. The molecule has 0 amide bonds. The molecule has 0 saturated carbocycles. The Labute approximate surface area is 99.7 Å². The van der Waals surface area contributed by atoms with E-state index in [0.717, 1.165) is 10.9 Å². The predicted molar refractivity (Wildman–Crippen MR) is 68.1 cm³/mol. The highest BCUT2D eigenvalue weighted by molar-refractivity contribution is 7.99. The molecule has 0 aliphatic carbocycles. The zero-order valence-corrected chi connectivity index (χ0v) is 10.1. The average molecular weight is 233 g/mol. The highest BCUT2D eigenvalue weighted by atomic mass is 32.2. The van der Waals surface area contributed by atoms with Crippen LogP contribution in [0.1, 0.15) is 5.56 Å². The van der Waals surface area contributed by atoms with Crippen molar-refractivity contribution < 1.29 is 0 Å². The highest BCUT2D eigenvalue weighted by Gasteiger charge is 2.06. The van der Waals surface area contributed by atoms with Crippen molar-refractivity contribution in [1.82, 2.24) is 9.55 Å². The molecule has 0 spiro atoms. The van der Waals surface area contributed by atoms with E-state index < -0.39 is 0 Å². The molecule has 0 bridgehead atoms. The number of rotatable bonds is 4. The van der Waals surface area contributed by atoms with Crippen molar-refractivity contribution in [3.8, 4) is 5.69 Å². The van der Waals surface area contributed by atoms with Crippen LogP contribution in [0.3, 0.4) is 0 Å². The van der Waals surface area contributed by atoms with Gasteiger partial charge < -0.3 is 5.73 Å². The molecule has 0 unspecified atom stereocenters. The van der Waals surface area contributed by atoms with E-state index in [9.17, 15) is 0 Å². The zero-order valence-electron chi connectivity index (χ0n) is 9.26. The number of hydrogen-bond donors (Lipinski definition) is 1. The molecular formula is C12H15N3S. The Kier molecular flexibility index (Phi) is 3.64. The summed E-state index contributed by atoms with van der Waals surface area (Å²) < 4.78 is 2.11. The standard InChI is InChI=1S/C12H15N3S/c1-10-4-2-3-5-11(10)15-8-7-14-12(15)16-9-6-13/h2-5,7-8H,6,9,13H2,1H3. The smallest absolute Gasteiger partial charge is 0.172 e. The molecule has 2 N–H and O–H groups in total. The second-order valence-electron chi connectivity index (χ2n) is 3.50. The lowest BCUT2D eigenvalue weighted by atomic mass is 10.2. The molecule has 0 radical (unpaired) electrons. The number of nitrogens with zero attached hydrogens (tertiary/aromatic N) is 2. The molecule has 2 aromatic rings. The maximum atomic E-state index is 5.51. The SMILES string of the molecule is Cc1ccccc1-n1ccnc1SCCN. The molecule has 4 heteroatoms. The van der Waals surface area contributed by atoms with Gasteiger partial charge in [0, 0.05) is 24.7 Å². The third kappa shape index (κ3) is 2.28. The zero-order chi connectivity index (χ0) is 11.4. The third-order valence-electron chi connectivity index (χ3n) is 2.33. The maximum Gasteiger partial charge on any atom is 0.172 e. The number of para-hydroxylation sites is 1. The molecule has 1 heterocycles. The molecule has 2 rings (SSSR count). The first kappa shape index (κ1) is 11.2. The molecule has 16 heavy (non-hydrogen) atoms. The van der Waals surface area contributed by atoms with E-state index in [4.69, 9.17) is 5.73 Å². The molecule has 1 aromatic heterocycles. The van der Waals surface area contributed by atoms with Crippen LogP contribution in [0.4, 0.5) is 0 Å². The van der Waals surface area contributed by atoms with Crippen LogP contribution in [0.5, 0.6) is 0 Å². The van der Waals surface area contributed by atoms with E-state index in [1.807, 2.05) is 24.5 Å². The van der Waals surface area contributed by atoms with Gasteiger partial charge in [-0.15, -0.1) is 0 Å². The van der Waals surface area contributed by atoms with Gasteiger partial charge >= 0.3 is 0 Å². The second-order valence-corrected chi connectivity index (χ2v) is 4.57. The molecule has 84 valence electrons. The minimum Gasteiger partial charge on any atom is -0.330 e. The van der Waals surface area contributed by atoms with Crippen molar-refractivity contribution in [2.45, 2.75) is 12.1 Å². The molecule has 0 atom stereocenters. The van der Waals surface area contributed by atoms with Crippen molar-refractivity contribution in [1.29, 1.82) is 0 Å². The Bertz CT molecular complexity index is 465. The lowest BCUT2D eigenvalue weighted by Crippen LogP contribution is -2.03. The van der Waals surface area contributed by atoms with Gasteiger partial charge in [0.1, 0.15) is 0 Å². The van der Waals surface area contributed by atoms with Crippen molar-refractivity contribution in [2.75, 3.05) is 12.3 Å². The molecule has 0 aliphatic rings. The molecule has 0 fully saturated rings. The van der Waals surface area contributed by atoms with Gasteiger partial charge in [0.2, 0.25) is 0 Å². The van der Waals surface area contributed by atoms with Crippen LogP contribution in [-0.4, -0.2) is 21.8 Å². The number of nitrogens with two attached hydrogens (primary N) is 1. The number of hydrogen-bond acceptors (Lipinski definition) is 3. The lowest BCUT2D eigenvalue weighted by Gasteiger charge is -2.09. The summed E-state index contributed by atoms with van der Waals surface area (Å²) in [5.74, 6) is 0.892. The number of benzene rings is 1. The Morgan fingerprint density at radius 3 is 2.94 bits per heavy atom. The van der Waals surface area contributed by atoms with Crippen molar-refractivity contribution >= 4 is 11.8 Å². The highest BCUT2D eigenvalue weighted by Crippen LogP contribution is 2.21. The van der Waals surface area contributed by atoms with Gasteiger partial charge in [-0.3, -0.25) is 4.57 Å². The monoisotopic (exact) mass is 233 g/mol. The van der Waals surface area contributed by atoms with E-state index in [-0.39, 0.29) is 0 Å². The van der Waals surface area contributed by atoms with Gasteiger partial charge in [-0.25, -0.2) is 4.98 Å². The van der Waals surface area contributed by atoms with Crippen molar-refractivity contribution in [2.24, 2.45) is 5.73 Å². The van der Waals surface area contributed by atoms with Crippen LogP contribution in [-0.2, 0) is 0 Å². The summed E-state index contributed by atoms with van der Waals surface area (Å²) >= 11 is 1.68. The van der Waals surface area contributed by atoms with Crippen LogP contribution >= 0.6 is 11.8 Å². The second kappa shape index (κ2) is 5.18. The van der Waals surface area contributed by atoms with Gasteiger partial charge in [-0.2, -0.15) is 0 Å².